The van der Waals surface area contributed by atoms with Crippen LogP contribution in [-0.4, -0.2) is 47.3 Å². The number of hydrogen-bond donors (Lipinski definition) is 2. The molecule has 2 N–H and O–H groups in total. The van der Waals surface area contributed by atoms with E-state index in [1.807, 2.05) is 4.68 Å². The summed E-state index contributed by atoms with van der Waals surface area (Å²) in [5.41, 5.74) is 0.543. The van der Waals surface area contributed by atoms with Gasteiger partial charge in [-0.05, 0) is 50.4 Å². The Bertz CT molecular complexity index is 862. The lowest BCUT2D eigenvalue weighted by Crippen LogP contribution is -2.52. The van der Waals surface area contributed by atoms with Gasteiger partial charge >= 0.3 is 0 Å². The molecule has 28 heavy (non-hydrogen) atoms. The van der Waals surface area contributed by atoms with Crippen LogP contribution in [0.25, 0.3) is 0 Å². The van der Waals surface area contributed by atoms with Crippen LogP contribution in [0.1, 0.15) is 42.2 Å². The molecule has 7 nitrogen and oxygen atoms in total. The van der Waals surface area contributed by atoms with E-state index in [4.69, 9.17) is 0 Å². The molecule has 0 radical (unpaired) electrons. The Balaban J connectivity index is 1.43. The van der Waals surface area contributed by atoms with Gasteiger partial charge < -0.3 is 15.5 Å². The molecule has 1 aromatic carbocycles. The number of nitrogens with zero attached hydrogens (tertiary/aromatic N) is 3. The van der Waals surface area contributed by atoms with Gasteiger partial charge in [0.1, 0.15) is 17.6 Å². The maximum atomic E-state index is 14.1. The van der Waals surface area contributed by atoms with Crippen molar-refractivity contribution in [2.75, 3.05) is 24.5 Å². The lowest BCUT2D eigenvalue weighted by Gasteiger charge is -2.32. The Labute approximate surface area is 162 Å². The molecule has 1 aromatic heterocycles. The number of aromatic nitrogens is 2. The number of piperidine rings is 2. The fourth-order valence-corrected chi connectivity index (χ4v) is 3.87. The number of carbonyl (C=O) groups is 2. The summed E-state index contributed by atoms with van der Waals surface area (Å²) in [6.45, 7) is 2.28. The van der Waals surface area contributed by atoms with E-state index in [2.05, 4.69) is 15.7 Å². The SMILES string of the molecule is O=C(NC1CCCN(c2ccccc2F)C1=O)c1ccn(C2CCCNC2)n1. The number of nitrogens with one attached hydrogen (secondary N) is 2. The predicted molar refractivity (Wildman–Crippen MR) is 103 cm³/mol. The highest BCUT2D eigenvalue weighted by molar-refractivity contribution is 6.02. The maximum absolute atomic E-state index is 14.1. The van der Waals surface area contributed by atoms with Crippen LogP contribution >= 0.6 is 0 Å². The lowest BCUT2D eigenvalue weighted by molar-refractivity contribution is -0.121. The molecular formula is C20H24FN5O2. The van der Waals surface area contributed by atoms with Gasteiger partial charge in [0.2, 0.25) is 5.91 Å². The minimum absolute atomic E-state index is 0.239. The number of rotatable bonds is 4. The summed E-state index contributed by atoms with van der Waals surface area (Å²) in [4.78, 5) is 26.8. The summed E-state index contributed by atoms with van der Waals surface area (Å²) in [5.74, 6) is -1.11. The minimum Gasteiger partial charge on any atom is -0.339 e. The normalized spacial score (nSPS) is 22.9. The van der Waals surface area contributed by atoms with Gasteiger partial charge in [0, 0.05) is 19.3 Å². The zero-order valence-electron chi connectivity index (χ0n) is 15.6. The summed E-state index contributed by atoms with van der Waals surface area (Å²) in [6.07, 6.45) is 5.12. The molecule has 2 saturated heterocycles. The molecule has 0 aliphatic carbocycles. The van der Waals surface area contributed by atoms with Crippen molar-refractivity contribution in [1.29, 1.82) is 0 Å². The van der Waals surface area contributed by atoms with E-state index in [0.717, 1.165) is 25.9 Å². The molecule has 2 atom stereocenters. The number of carbonyl (C=O) groups excluding carboxylic acids is 2. The molecule has 4 rings (SSSR count). The van der Waals surface area contributed by atoms with Gasteiger partial charge in [0.05, 0.1) is 11.7 Å². The summed E-state index contributed by atoms with van der Waals surface area (Å²) < 4.78 is 15.9. The van der Waals surface area contributed by atoms with Crippen molar-refractivity contribution >= 4 is 17.5 Å². The van der Waals surface area contributed by atoms with E-state index < -0.39 is 11.9 Å². The third-order valence-electron chi connectivity index (χ3n) is 5.37. The second-order valence-corrected chi connectivity index (χ2v) is 7.29. The van der Waals surface area contributed by atoms with Gasteiger partial charge in [-0.3, -0.25) is 14.3 Å². The number of hydrogen-bond acceptors (Lipinski definition) is 4. The third kappa shape index (κ3) is 3.77. The third-order valence-corrected chi connectivity index (χ3v) is 5.37. The summed E-state index contributed by atoms with van der Waals surface area (Å²) >= 11 is 0. The topological polar surface area (TPSA) is 79.3 Å². The molecule has 148 valence electrons. The van der Waals surface area contributed by atoms with Crippen molar-refractivity contribution < 1.29 is 14.0 Å². The number of benzene rings is 1. The Morgan fingerprint density at radius 1 is 1.21 bits per heavy atom. The number of amides is 2. The molecule has 0 saturated carbocycles. The Kier molecular flexibility index (Phi) is 5.38. The highest BCUT2D eigenvalue weighted by atomic mass is 19.1. The lowest BCUT2D eigenvalue weighted by atomic mass is 10.0. The van der Waals surface area contributed by atoms with Crippen LogP contribution in [-0.2, 0) is 4.79 Å². The molecule has 2 aliphatic rings. The summed E-state index contributed by atoms with van der Waals surface area (Å²) in [6, 6.07) is 7.43. The largest absolute Gasteiger partial charge is 0.339 e. The molecule has 0 bridgehead atoms. The van der Waals surface area contributed by atoms with Crippen LogP contribution in [0, 0.1) is 5.82 Å². The van der Waals surface area contributed by atoms with E-state index in [1.165, 1.54) is 11.0 Å². The highest BCUT2D eigenvalue weighted by Crippen LogP contribution is 2.24. The Morgan fingerprint density at radius 2 is 2.07 bits per heavy atom. The second-order valence-electron chi connectivity index (χ2n) is 7.29. The standard InChI is InChI=1S/C20H24FN5O2/c21-15-6-1-2-8-18(15)25-11-4-7-17(20(25)28)23-19(27)16-9-12-26(24-16)14-5-3-10-22-13-14/h1-2,6,8-9,12,14,17,22H,3-5,7,10-11,13H2,(H,23,27). The van der Waals surface area contributed by atoms with Crippen molar-refractivity contribution in [2.45, 2.75) is 37.8 Å². The van der Waals surface area contributed by atoms with Crippen LogP contribution in [0.15, 0.2) is 36.5 Å². The maximum Gasteiger partial charge on any atom is 0.272 e. The molecule has 8 heteroatoms. The van der Waals surface area contributed by atoms with Gasteiger partial charge in [-0.1, -0.05) is 12.1 Å². The van der Waals surface area contributed by atoms with Crippen LogP contribution in [0.4, 0.5) is 10.1 Å². The average molecular weight is 385 g/mol. The molecule has 3 heterocycles. The first-order valence-electron chi connectivity index (χ1n) is 9.76. The Hall–Kier alpha value is -2.74. The highest BCUT2D eigenvalue weighted by Gasteiger charge is 2.32. The first kappa shape index (κ1) is 18.6. The van der Waals surface area contributed by atoms with E-state index in [-0.39, 0.29) is 23.5 Å². The van der Waals surface area contributed by atoms with Crippen molar-refractivity contribution in [2.24, 2.45) is 0 Å². The first-order valence-corrected chi connectivity index (χ1v) is 9.76. The van der Waals surface area contributed by atoms with Crippen molar-refractivity contribution in [3.63, 3.8) is 0 Å². The average Bonchev–Trinajstić information content (AvgIpc) is 3.21. The van der Waals surface area contributed by atoms with Crippen molar-refractivity contribution in [1.82, 2.24) is 20.4 Å². The van der Waals surface area contributed by atoms with Gasteiger partial charge in [0.15, 0.2) is 0 Å². The fourth-order valence-electron chi connectivity index (χ4n) is 3.87. The number of para-hydroxylation sites is 1. The van der Waals surface area contributed by atoms with Crippen molar-refractivity contribution in [3.8, 4) is 0 Å². The van der Waals surface area contributed by atoms with Crippen molar-refractivity contribution in [3.05, 3.63) is 48.0 Å². The molecule has 2 unspecified atom stereocenters. The second kappa shape index (κ2) is 8.10. The minimum atomic E-state index is -0.678. The molecule has 2 amide bonds. The quantitative estimate of drug-likeness (QED) is 0.842. The predicted octanol–water partition coefficient (Wildman–Crippen LogP) is 1.87. The summed E-state index contributed by atoms with van der Waals surface area (Å²) in [7, 11) is 0. The summed E-state index contributed by atoms with van der Waals surface area (Å²) in [5, 5.41) is 10.5. The van der Waals surface area contributed by atoms with E-state index >= 15 is 0 Å². The zero-order valence-corrected chi connectivity index (χ0v) is 15.6. The number of halogens is 1. The van der Waals surface area contributed by atoms with Gasteiger partial charge in [-0.25, -0.2) is 4.39 Å². The van der Waals surface area contributed by atoms with E-state index in [9.17, 15) is 14.0 Å². The Morgan fingerprint density at radius 3 is 2.86 bits per heavy atom. The van der Waals surface area contributed by atoms with E-state index in [0.29, 0.717) is 25.1 Å². The van der Waals surface area contributed by atoms with Gasteiger partial charge in [-0.2, -0.15) is 5.10 Å². The number of anilines is 1. The van der Waals surface area contributed by atoms with Gasteiger partial charge in [0.25, 0.3) is 5.91 Å². The molecule has 2 aromatic rings. The first-order chi connectivity index (χ1) is 13.6. The van der Waals surface area contributed by atoms with E-state index in [1.54, 1.807) is 30.5 Å². The van der Waals surface area contributed by atoms with Crippen LogP contribution in [0.2, 0.25) is 0 Å². The zero-order chi connectivity index (χ0) is 19.5. The monoisotopic (exact) mass is 385 g/mol. The molecule has 2 aliphatic heterocycles. The van der Waals surface area contributed by atoms with Gasteiger partial charge in [-0.15, -0.1) is 0 Å². The van der Waals surface area contributed by atoms with Crippen LogP contribution < -0.4 is 15.5 Å². The smallest absolute Gasteiger partial charge is 0.272 e. The van der Waals surface area contributed by atoms with Crippen LogP contribution in [0.5, 0.6) is 0 Å². The molecular weight excluding hydrogens is 361 g/mol. The molecule has 0 spiro atoms. The fraction of sp³-hybridized carbons (Fsp3) is 0.450. The van der Waals surface area contributed by atoms with Crippen LogP contribution in [0.3, 0.4) is 0 Å². The molecule has 2 fully saturated rings.